The molecule has 0 aliphatic carbocycles. The van der Waals surface area contributed by atoms with Crippen molar-refractivity contribution < 1.29 is 9.63 Å². The second-order valence-corrected chi connectivity index (χ2v) is 4.41. The zero-order valence-corrected chi connectivity index (χ0v) is 9.99. The second kappa shape index (κ2) is 4.71. The van der Waals surface area contributed by atoms with Crippen LogP contribution in [0, 0.1) is 6.92 Å². The maximum atomic E-state index is 9.02. The summed E-state index contributed by atoms with van der Waals surface area (Å²) in [7, 11) is 1.88. The van der Waals surface area contributed by atoms with Crippen molar-refractivity contribution in [1.82, 2.24) is 14.7 Å². The van der Waals surface area contributed by atoms with Crippen LogP contribution in [0.3, 0.4) is 0 Å². The molecule has 2 rings (SSSR count). The standard InChI is InChI=1S/C10H13N3O2S/c1-7-3-8(12-15-7)6-16-10-11-4-9(5-14)13(10)2/h3-4,14H,5-6H2,1-2H3. The zero-order chi connectivity index (χ0) is 11.5. The summed E-state index contributed by atoms with van der Waals surface area (Å²) in [6, 6.07) is 1.91. The zero-order valence-electron chi connectivity index (χ0n) is 9.17. The molecule has 0 fully saturated rings. The Morgan fingerprint density at radius 3 is 2.94 bits per heavy atom. The minimum atomic E-state index is 0.00707. The molecule has 16 heavy (non-hydrogen) atoms. The van der Waals surface area contributed by atoms with Crippen molar-refractivity contribution in [2.45, 2.75) is 24.4 Å². The summed E-state index contributed by atoms with van der Waals surface area (Å²) in [5.41, 5.74) is 1.70. The number of aromatic nitrogens is 3. The van der Waals surface area contributed by atoms with E-state index in [1.54, 1.807) is 18.0 Å². The summed E-state index contributed by atoms with van der Waals surface area (Å²) in [5, 5.41) is 13.8. The molecule has 0 bridgehead atoms. The molecule has 0 amide bonds. The van der Waals surface area contributed by atoms with Crippen molar-refractivity contribution in [3.8, 4) is 0 Å². The lowest BCUT2D eigenvalue weighted by atomic mass is 10.4. The van der Waals surface area contributed by atoms with Gasteiger partial charge in [-0.15, -0.1) is 0 Å². The SMILES string of the molecule is Cc1cc(CSc2ncc(CO)n2C)no1. The number of hydrogen-bond donors (Lipinski definition) is 1. The first-order chi connectivity index (χ1) is 7.70. The van der Waals surface area contributed by atoms with E-state index in [2.05, 4.69) is 10.1 Å². The van der Waals surface area contributed by atoms with Gasteiger partial charge in [-0.1, -0.05) is 16.9 Å². The molecular formula is C10H13N3O2S. The first-order valence-electron chi connectivity index (χ1n) is 4.87. The number of imidazole rings is 1. The largest absolute Gasteiger partial charge is 0.390 e. The molecular weight excluding hydrogens is 226 g/mol. The number of nitrogens with zero attached hydrogens (tertiary/aromatic N) is 3. The van der Waals surface area contributed by atoms with Crippen LogP contribution in [0.15, 0.2) is 21.9 Å². The maximum absolute atomic E-state index is 9.02. The molecule has 2 heterocycles. The predicted molar refractivity (Wildman–Crippen MR) is 59.9 cm³/mol. The van der Waals surface area contributed by atoms with Gasteiger partial charge in [-0.3, -0.25) is 0 Å². The topological polar surface area (TPSA) is 64.1 Å². The van der Waals surface area contributed by atoms with Crippen molar-refractivity contribution in [2.75, 3.05) is 0 Å². The fraction of sp³-hybridized carbons (Fsp3) is 0.400. The normalized spacial score (nSPS) is 10.9. The van der Waals surface area contributed by atoms with Gasteiger partial charge in [0.05, 0.1) is 24.2 Å². The molecule has 1 N–H and O–H groups in total. The lowest BCUT2D eigenvalue weighted by Gasteiger charge is -2.01. The number of hydrogen-bond acceptors (Lipinski definition) is 5. The number of aliphatic hydroxyl groups excluding tert-OH is 1. The van der Waals surface area contributed by atoms with Crippen LogP contribution in [0.4, 0.5) is 0 Å². The third-order valence-electron chi connectivity index (χ3n) is 2.23. The molecule has 0 atom stereocenters. The molecule has 2 aromatic heterocycles. The lowest BCUT2D eigenvalue weighted by Crippen LogP contribution is -1.97. The van der Waals surface area contributed by atoms with E-state index in [1.165, 1.54) is 0 Å². The molecule has 0 aliphatic heterocycles. The smallest absolute Gasteiger partial charge is 0.168 e. The van der Waals surface area contributed by atoms with E-state index in [1.807, 2.05) is 24.6 Å². The summed E-state index contributed by atoms with van der Waals surface area (Å²) < 4.78 is 6.85. The highest BCUT2D eigenvalue weighted by molar-refractivity contribution is 7.98. The molecule has 86 valence electrons. The van der Waals surface area contributed by atoms with Crippen molar-refractivity contribution in [3.63, 3.8) is 0 Å². The van der Waals surface area contributed by atoms with E-state index < -0.39 is 0 Å². The van der Waals surface area contributed by atoms with Crippen LogP contribution >= 0.6 is 11.8 Å². The van der Waals surface area contributed by atoms with E-state index >= 15 is 0 Å². The minimum Gasteiger partial charge on any atom is -0.390 e. The Labute approximate surface area is 97.5 Å². The van der Waals surface area contributed by atoms with Gasteiger partial charge >= 0.3 is 0 Å². The molecule has 5 nitrogen and oxygen atoms in total. The van der Waals surface area contributed by atoms with Crippen molar-refractivity contribution >= 4 is 11.8 Å². The van der Waals surface area contributed by atoms with Gasteiger partial charge in [-0.2, -0.15) is 0 Å². The number of thioether (sulfide) groups is 1. The maximum Gasteiger partial charge on any atom is 0.168 e. The Bertz CT molecular complexity index is 478. The van der Waals surface area contributed by atoms with Crippen molar-refractivity contribution in [1.29, 1.82) is 0 Å². The van der Waals surface area contributed by atoms with Crippen LogP contribution in [-0.2, 0) is 19.4 Å². The Morgan fingerprint density at radius 1 is 1.56 bits per heavy atom. The average molecular weight is 239 g/mol. The van der Waals surface area contributed by atoms with Crippen LogP contribution in [0.2, 0.25) is 0 Å². The van der Waals surface area contributed by atoms with Crippen LogP contribution in [0.5, 0.6) is 0 Å². The first-order valence-corrected chi connectivity index (χ1v) is 5.85. The summed E-state index contributed by atoms with van der Waals surface area (Å²) in [4.78, 5) is 4.22. The van der Waals surface area contributed by atoms with E-state index in [0.29, 0.717) is 5.75 Å². The van der Waals surface area contributed by atoms with E-state index in [-0.39, 0.29) is 6.61 Å². The highest BCUT2D eigenvalue weighted by Gasteiger charge is 2.08. The average Bonchev–Trinajstić information content (AvgIpc) is 2.83. The van der Waals surface area contributed by atoms with Gasteiger partial charge in [0.1, 0.15) is 5.76 Å². The summed E-state index contributed by atoms with van der Waals surface area (Å²) >= 11 is 1.57. The van der Waals surface area contributed by atoms with Gasteiger partial charge in [0.2, 0.25) is 0 Å². The van der Waals surface area contributed by atoms with Crippen molar-refractivity contribution in [2.24, 2.45) is 7.05 Å². The van der Waals surface area contributed by atoms with Crippen molar-refractivity contribution in [3.05, 3.63) is 29.4 Å². The van der Waals surface area contributed by atoms with E-state index in [0.717, 1.165) is 22.3 Å². The summed E-state index contributed by atoms with van der Waals surface area (Å²) in [5.74, 6) is 1.53. The molecule has 0 saturated heterocycles. The van der Waals surface area contributed by atoms with Crippen LogP contribution < -0.4 is 0 Å². The molecule has 6 heteroatoms. The fourth-order valence-corrected chi connectivity index (χ4v) is 2.18. The Hall–Kier alpha value is -1.27. The van der Waals surface area contributed by atoms with Gasteiger partial charge in [-0.05, 0) is 6.92 Å². The van der Waals surface area contributed by atoms with Crippen LogP contribution in [0.25, 0.3) is 0 Å². The Morgan fingerprint density at radius 2 is 2.38 bits per heavy atom. The predicted octanol–water partition coefficient (Wildman–Crippen LogP) is 1.50. The molecule has 0 spiro atoms. The molecule has 0 unspecified atom stereocenters. The highest BCUT2D eigenvalue weighted by atomic mass is 32.2. The second-order valence-electron chi connectivity index (χ2n) is 3.47. The number of aryl methyl sites for hydroxylation is 1. The third kappa shape index (κ3) is 2.28. The molecule has 0 aromatic carbocycles. The number of rotatable bonds is 4. The van der Waals surface area contributed by atoms with Crippen LogP contribution in [0.1, 0.15) is 17.1 Å². The third-order valence-corrected chi connectivity index (χ3v) is 3.31. The fourth-order valence-electron chi connectivity index (χ4n) is 1.33. The van der Waals surface area contributed by atoms with E-state index in [4.69, 9.17) is 9.63 Å². The quantitative estimate of drug-likeness (QED) is 0.819. The minimum absolute atomic E-state index is 0.00707. The van der Waals surface area contributed by atoms with Gasteiger partial charge in [-0.25, -0.2) is 4.98 Å². The van der Waals surface area contributed by atoms with Gasteiger partial charge in [0.15, 0.2) is 5.16 Å². The summed E-state index contributed by atoms with van der Waals surface area (Å²) in [6.07, 6.45) is 1.68. The molecule has 0 aliphatic rings. The van der Waals surface area contributed by atoms with Crippen LogP contribution in [-0.4, -0.2) is 19.8 Å². The molecule has 0 saturated carbocycles. The van der Waals surface area contributed by atoms with Gasteiger partial charge in [0, 0.05) is 18.9 Å². The molecule has 2 aromatic rings. The van der Waals surface area contributed by atoms with Gasteiger partial charge in [0.25, 0.3) is 0 Å². The number of aliphatic hydroxyl groups is 1. The van der Waals surface area contributed by atoms with Gasteiger partial charge < -0.3 is 14.2 Å². The molecule has 0 radical (unpaired) electrons. The summed E-state index contributed by atoms with van der Waals surface area (Å²) in [6.45, 7) is 1.87. The Balaban J connectivity index is 2.02. The Kier molecular flexibility index (Phi) is 3.31. The highest BCUT2D eigenvalue weighted by Crippen LogP contribution is 2.21. The van der Waals surface area contributed by atoms with E-state index in [9.17, 15) is 0 Å². The lowest BCUT2D eigenvalue weighted by molar-refractivity contribution is 0.271. The first kappa shape index (κ1) is 11.2. The monoisotopic (exact) mass is 239 g/mol.